The minimum atomic E-state index is 0.0800. The van der Waals surface area contributed by atoms with E-state index in [0.717, 1.165) is 23.5 Å². The molecule has 1 amide bonds. The fourth-order valence-electron chi connectivity index (χ4n) is 2.83. The summed E-state index contributed by atoms with van der Waals surface area (Å²) in [4.78, 5) is 25.0. The van der Waals surface area contributed by atoms with Crippen LogP contribution < -0.4 is 9.64 Å². The molecule has 1 saturated heterocycles. The van der Waals surface area contributed by atoms with Crippen molar-refractivity contribution in [2.75, 3.05) is 38.8 Å². The Hall–Kier alpha value is -2.51. The van der Waals surface area contributed by atoms with Crippen LogP contribution in [0.4, 0.5) is 5.69 Å². The second kappa shape index (κ2) is 8.04. The van der Waals surface area contributed by atoms with Crippen molar-refractivity contribution in [1.82, 2.24) is 14.9 Å². The molecule has 0 N–H and O–H groups in total. The number of piperazine rings is 1. The van der Waals surface area contributed by atoms with Crippen LogP contribution in [0.3, 0.4) is 0 Å². The lowest BCUT2D eigenvalue weighted by Gasteiger charge is -2.34. The number of hydrogen-bond acceptors (Lipinski definition) is 6. The van der Waals surface area contributed by atoms with Gasteiger partial charge in [0.25, 0.3) is 0 Å². The quantitative estimate of drug-likeness (QED) is 0.792. The molecule has 2 aromatic rings. The monoisotopic (exact) mass is 342 g/mol. The van der Waals surface area contributed by atoms with Crippen LogP contribution in [-0.2, 0) is 22.7 Å². The standard InChI is InChI=1S/C18H22N4O3/c1-24-13-17-19-9-14(10-20-17)11-21-6-7-22(18(23)12-21)15-4-3-5-16(8-15)25-2/h3-5,8-10H,6-7,11-13H2,1-2H3. The van der Waals surface area contributed by atoms with Gasteiger partial charge in [0.05, 0.1) is 13.7 Å². The summed E-state index contributed by atoms with van der Waals surface area (Å²) in [7, 11) is 3.24. The highest BCUT2D eigenvalue weighted by Crippen LogP contribution is 2.23. The summed E-state index contributed by atoms with van der Waals surface area (Å²) in [5.74, 6) is 1.49. The van der Waals surface area contributed by atoms with Crippen molar-refractivity contribution in [1.29, 1.82) is 0 Å². The summed E-state index contributed by atoms with van der Waals surface area (Å²) in [5.41, 5.74) is 1.86. The molecule has 7 nitrogen and oxygen atoms in total. The average Bonchev–Trinajstić information content (AvgIpc) is 2.64. The number of anilines is 1. The Morgan fingerprint density at radius 1 is 1.16 bits per heavy atom. The van der Waals surface area contributed by atoms with Crippen LogP contribution in [0.15, 0.2) is 36.7 Å². The third-order valence-electron chi connectivity index (χ3n) is 4.10. The van der Waals surface area contributed by atoms with Gasteiger partial charge in [-0.05, 0) is 12.1 Å². The smallest absolute Gasteiger partial charge is 0.241 e. The normalized spacial score (nSPS) is 15.4. The first-order valence-corrected chi connectivity index (χ1v) is 8.15. The maximum atomic E-state index is 12.5. The molecular formula is C18H22N4O3. The Morgan fingerprint density at radius 2 is 1.96 bits per heavy atom. The number of rotatable bonds is 6. The van der Waals surface area contributed by atoms with E-state index >= 15 is 0 Å². The van der Waals surface area contributed by atoms with Crippen LogP contribution in [0, 0.1) is 0 Å². The first-order valence-electron chi connectivity index (χ1n) is 8.15. The molecular weight excluding hydrogens is 320 g/mol. The van der Waals surface area contributed by atoms with E-state index in [0.29, 0.717) is 32.1 Å². The summed E-state index contributed by atoms with van der Waals surface area (Å²) in [6.07, 6.45) is 3.58. The van der Waals surface area contributed by atoms with E-state index < -0.39 is 0 Å². The number of benzene rings is 1. The van der Waals surface area contributed by atoms with Crippen molar-refractivity contribution < 1.29 is 14.3 Å². The molecule has 0 bridgehead atoms. The lowest BCUT2D eigenvalue weighted by atomic mass is 10.2. The molecule has 0 saturated carbocycles. The van der Waals surface area contributed by atoms with Crippen LogP contribution >= 0.6 is 0 Å². The molecule has 0 aliphatic carbocycles. The molecule has 1 aliphatic rings. The molecule has 0 unspecified atom stereocenters. The number of methoxy groups -OCH3 is 2. The molecule has 0 radical (unpaired) electrons. The zero-order chi connectivity index (χ0) is 17.6. The van der Waals surface area contributed by atoms with Crippen molar-refractivity contribution in [2.24, 2.45) is 0 Å². The zero-order valence-electron chi connectivity index (χ0n) is 14.5. The van der Waals surface area contributed by atoms with Gasteiger partial charge < -0.3 is 14.4 Å². The summed E-state index contributed by atoms with van der Waals surface area (Å²) >= 11 is 0. The van der Waals surface area contributed by atoms with Crippen molar-refractivity contribution in [3.8, 4) is 5.75 Å². The summed E-state index contributed by atoms with van der Waals surface area (Å²) in [6.45, 7) is 2.87. The minimum absolute atomic E-state index is 0.0800. The van der Waals surface area contributed by atoms with Crippen LogP contribution in [0.25, 0.3) is 0 Å². The second-order valence-corrected chi connectivity index (χ2v) is 5.90. The van der Waals surface area contributed by atoms with Crippen molar-refractivity contribution in [3.63, 3.8) is 0 Å². The van der Waals surface area contributed by atoms with E-state index in [1.807, 2.05) is 24.3 Å². The van der Waals surface area contributed by atoms with E-state index in [4.69, 9.17) is 9.47 Å². The highest BCUT2D eigenvalue weighted by molar-refractivity contribution is 5.95. The van der Waals surface area contributed by atoms with Gasteiger partial charge in [-0.3, -0.25) is 9.69 Å². The molecule has 3 rings (SSSR count). The lowest BCUT2D eigenvalue weighted by Crippen LogP contribution is -2.50. The number of aromatic nitrogens is 2. The van der Waals surface area contributed by atoms with Gasteiger partial charge in [-0.15, -0.1) is 0 Å². The number of hydrogen-bond donors (Lipinski definition) is 0. The molecule has 1 aromatic carbocycles. The van der Waals surface area contributed by atoms with Gasteiger partial charge in [0.15, 0.2) is 5.82 Å². The predicted molar refractivity (Wildman–Crippen MR) is 93.4 cm³/mol. The van der Waals surface area contributed by atoms with Crippen LogP contribution in [0.1, 0.15) is 11.4 Å². The molecule has 25 heavy (non-hydrogen) atoms. The summed E-state index contributed by atoms with van der Waals surface area (Å²) in [6, 6.07) is 7.58. The third kappa shape index (κ3) is 4.32. The first kappa shape index (κ1) is 17.3. The molecule has 0 spiro atoms. The van der Waals surface area contributed by atoms with Gasteiger partial charge in [-0.2, -0.15) is 0 Å². The van der Waals surface area contributed by atoms with E-state index in [2.05, 4.69) is 14.9 Å². The Kier molecular flexibility index (Phi) is 5.57. The minimum Gasteiger partial charge on any atom is -0.497 e. The SMILES string of the molecule is COCc1ncc(CN2CCN(c3cccc(OC)c3)C(=O)C2)cn1. The van der Waals surface area contributed by atoms with Gasteiger partial charge in [-0.1, -0.05) is 6.07 Å². The van der Waals surface area contributed by atoms with Gasteiger partial charge in [0.2, 0.25) is 5.91 Å². The number of nitrogens with zero attached hydrogens (tertiary/aromatic N) is 4. The van der Waals surface area contributed by atoms with Crippen LogP contribution in [0.2, 0.25) is 0 Å². The third-order valence-corrected chi connectivity index (χ3v) is 4.10. The Bertz CT molecular complexity index is 721. The van der Waals surface area contributed by atoms with E-state index in [1.54, 1.807) is 31.5 Å². The van der Waals surface area contributed by atoms with Gasteiger partial charge in [0.1, 0.15) is 12.4 Å². The van der Waals surface area contributed by atoms with E-state index in [9.17, 15) is 4.79 Å². The number of ether oxygens (including phenoxy) is 2. The van der Waals surface area contributed by atoms with Gasteiger partial charge >= 0.3 is 0 Å². The maximum absolute atomic E-state index is 12.5. The Labute approximate surface area is 147 Å². The van der Waals surface area contributed by atoms with E-state index in [1.165, 1.54) is 0 Å². The lowest BCUT2D eigenvalue weighted by molar-refractivity contribution is -0.121. The Balaban J connectivity index is 1.60. The molecule has 1 aromatic heterocycles. The van der Waals surface area contributed by atoms with Crippen molar-refractivity contribution in [2.45, 2.75) is 13.2 Å². The van der Waals surface area contributed by atoms with E-state index in [-0.39, 0.29) is 5.91 Å². The van der Waals surface area contributed by atoms with Crippen molar-refractivity contribution in [3.05, 3.63) is 48.0 Å². The molecule has 1 aliphatic heterocycles. The van der Waals surface area contributed by atoms with Crippen molar-refractivity contribution >= 4 is 11.6 Å². The van der Waals surface area contributed by atoms with Crippen LogP contribution in [0.5, 0.6) is 5.75 Å². The van der Waals surface area contributed by atoms with Crippen LogP contribution in [-0.4, -0.2) is 54.6 Å². The first-order chi connectivity index (χ1) is 12.2. The number of carbonyl (C=O) groups excluding carboxylic acids is 1. The average molecular weight is 342 g/mol. The highest BCUT2D eigenvalue weighted by atomic mass is 16.5. The fourth-order valence-corrected chi connectivity index (χ4v) is 2.83. The zero-order valence-corrected chi connectivity index (χ0v) is 14.5. The molecule has 132 valence electrons. The summed E-state index contributed by atoms with van der Waals surface area (Å²) < 4.78 is 10.2. The number of amides is 1. The van der Waals surface area contributed by atoms with Gasteiger partial charge in [0, 0.05) is 56.5 Å². The molecule has 0 atom stereocenters. The molecule has 1 fully saturated rings. The fraction of sp³-hybridized carbons (Fsp3) is 0.389. The molecule has 2 heterocycles. The number of carbonyl (C=O) groups is 1. The Morgan fingerprint density at radius 3 is 2.64 bits per heavy atom. The second-order valence-electron chi connectivity index (χ2n) is 5.90. The molecule has 7 heteroatoms. The maximum Gasteiger partial charge on any atom is 0.241 e. The highest BCUT2D eigenvalue weighted by Gasteiger charge is 2.25. The largest absolute Gasteiger partial charge is 0.497 e. The topological polar surface area (TPSA) is 67.8 Å². The van der Waals surface area contributed by atoms with Gasteiger partial charge in [-0.25, -0.2) is 9.97 Å². The summed E-state index contributed by atoms with van der Waals surface area (Å²) in [5, 5.41) is 0. The predicted octanol–water partition coefficient (Wildman–Crippen LogP) is 1.48.